The summed E-state index contributed by atoms with van der Waals surface area (Å²) < 4.78 is 0. The van der Waals surface area contributed by atoms with Gasteiger partial charge in [0.05, 0.1) is 17.2 Å². The van der Waals surface area contributed by atoms with E-state index in [4.69, 9.17) is 0 Å². The average Bonchev–Trinajstić information content (AvgIpc) is 3.24. The molecule has 2 aromatic rings. The zero-order valence-electron chi connectivity index (χ0n) is 16.2. The first kappa shape index (κ1) is 19.8. The molecular weight excluding hydrogens is 378 g/mol. The number of aliphatic imine (C=N–C) groups is 1. The molecule has 3 heterocycles. The molecule has 0 fully saturated rings. The van der Waals surface area contributed by atoms with Gasteiger partial charge in [-0.1, -0.05) is 0 Å². The molecule has 0 bridgehead atoms. The van der Waals surface area contributed by atoms with Crippen LogP contribution >= 0.6 is 22.7 Å². The molecule has 0 aliphatic carbocycles. The van der Waals surface area contributed by atoms with Gasteiger partial charge < -0.3 is 15.5 Å². The first-order chi connectivity index (χ1) is 13.1. The largest absolute Gasteiger partial charge is 0.357 e. The van der Waals surface area contributed by atoms with Crippen molar-refractivity contribution in [3.05, 3.63) is 37.5 Å². The highest BCUT2D eigenvalue weighted by molar-refractivity contribution is 7.11. The number of rotatable bonds is 6. The van der Waals surface area contributed by atoms with Gasteiger partial charge in [0.1, 0.15) is 0 Å². The van der Waals surface area contributed by atoms with E-state index in [1.54, 1.807) is 22.7 Å². The van der Waals surface area contributed by atoms with Crippen LogP contribution in [0.3, 0.4) is 0 Å². The lowest BCUT2D eigenvalue weighted by molar-refractivity contribution is -0.131. The van der Waals surface area contributed by atoms with E-state index in [-0.39, 0.29) is 5.91 Å². The summed E-state index contributed by atoms with van der Waals surface area (Å²) in [5.41, 5.74) is 2.35. The number of aromatic nitrogens is 1. The molecule has 2 N–H and O–H groups in total. The number of thiazole rings is 1. The number of hydrogen-bond acceptors (Lipinski definition) is 5. The molecule has 27 heavy (non-hydrogen) atoms. The number of amides is 1. The summed E-state index contributed by atoms with van der Waals surface area (Å²) in [5.74, 6) is 0.943. The second-order valence-electron chi connectivity index (χ2n) is 6.55. The van der Waals surface area contributed by atoms with Crippen molar-refractivity contribution < 1.29 is 4.79 Å². The molecule has 0 radical (unpaired) electrons. The highest BCUT2D eigenvalue weighted by atomic mass is 32.1. The number of fused-ring (bicyclic) bond motifs is 1. The number of thiophene rings is 1. The standard InChI is InChI=1S/C19H27N5OS2/c1-4-20-19(22-11-17-13(2)23-14(3)27-17)21-8-5-18(25)24-9-6-16-15(12-24)7-10-26-16/h7,10H,4-6,8-9,11-12H2,1-3H3,(H2,20,21,22). The molecule has 0 saturated heterocycles. The molecule has 0 unspecified atom stereocenters. The Morgan fingerprint density at radius 3 is 2.96 bits per heavy atom. The van der Waals surface area contributed by atoms with E-state index in [1.165, 1.54) is 15.3 Å². The topological polar surface area (TPSA) is 69.6 Å². The Morgan fingerprint density at radius 2 is 2.22 bits per heavy atom. The number of carbonyl (C=O) groups excluding carboxylic acids is 1. The molecule has 146 valence electrons. The highest BCUT2D eigenvalue weighted by Crippen LogP contribution is 2.24. The third kappa shape index (κ3) is 5.29. The maximum Gasteiger partial charge on any atom is 0.224 e. The van der Waals surface area contributed by atoms with Crippen molar-refractivity contribution in [2.45, 2.75) is 46.7 Å². The molecule has 1 amide bonds. The fourth-order valence-corrected chi connectivity index (χ4v) is 4.87. The van der Waals surface area contributed by atoms with Crippen LogP contribution in [0.4, 0.5) is 0 Å². The predicted octanol–water partition coefficient (Wildman–Crippen LogP) is 2.85. The lowest BCUT2D eigenvalue weighted by Crippen LogP contribution is -2.41. The zero-order chi connectivity index (χ0) is 19.2. The van der Waals surface area contributed by atoms with Gasteiger partial charge in [0.25, 0.3) is 0 Å². The van der Waals surface area contributed by atoms with Crippen molar-refractivity contribution in [1.82, 2.24) is 20.5 Å². The molecular formula is C19H27N5OS2. The molecule has 3 rings (SSSR count). The first-order valence-corrected chi connectivity index (χ1v) is 11.0. The SMILES string of the molecule is CCNC(=NCc1sc(C)nc1C)NCCC(=O)N1CCc2sccc2C1. The van der Waals surface area contributed by atoms with Crippen molar-refractivity contribution in [3.8, 4) is 0 Å². The van der Waals surface area contributed by atoms with E-state index in [0.717, 1.165) is 42.7 Å². The Kier molecular flexibility index (Phi) is 6.84. The van der Waals surface area contributed by atoms with E-state index in [0.29, 0.717) is 19.5 Å². The third-order valence-electron chi connectivity index (χ3n) is 4.52. The number of nitrogens with zero attached hydrogens (tertiary/aromatic N) is 3. The smallest absolute Gasteiger partial charge is 0.224 e. The summed E-state index contributed by atoms with van der Waals surface area (Å²) in [6.45, 7) is 9.61. The Balaban J connectivity index is 1.48. The van der Waals surface area contributed by atoms with Gasteiger partial charge in [0, 0.05) is 42.4 Å². The van der Waals surface area contributed by atoms with Crippen molar-refractivity contribution in [3.63, 3.8) is 0 Å². The Hall–Kier alpha value is -1.93. The van der Waals surface area contributed by atoms with Crippen LogP contribution in [0.15, 0.2) is 16.4 Å². The minimum Gasteiger partial charge on any atom is -0.357 e. The van der Waals surface area contributed by atoms with Gasteiger partial charge in [-0.25, -0.2) is 9.98 Å². The maximum absolute atomic E-state index is 12.5. The summed E-state index contributed by atoms with van der Waals surface area (Å²) in [6.07, 6.45) is 1.45. The number of guanidine groups is 1. The molecule has 8 heteroatoms. The molecule has 0 atom stereocenters. The van der Waals surface area contributed by atoms with E-state index in [2.05, 4.69) is 32.1 Å². The minimum absolute atomic E-state index is 0.198. The van der Waals surface area contributed by atoms with E-state index in [1.807, 2.05) is 25.7 Å². The predicted molar refractivity (Wildman–Crippen MR) is 112 cm³/mol. The monoisotopic (exact) mass is 405 g/mol. The normalized spacial score (nSPS) is 14.2. The van der Waals surface area contributed by atoms with Gasteiger partial charge in [-0.2, -0.15) is 0 Å². The van der Waals surface area contributed by atoms with Gasteiger partial charge in [-0.15, -0.1) is 22.7 Å². The van der Waals surface area contributed by atoms with Gasteiger partial charge in [-0.3, -0.25) is 4.79 Å². The summed E-state index contributed by atoms with van der Waals surface area (Å²) in [7, 11) is 0. The molecule has 2 aromatic heterocycles. The lowest BCUT2D eigenvalue weighted by atomic mass is 10.1. The van der Waals surface area contributed by atoms with Crippen molar-refractivity contribution >= 4 is 34.5 Å². The van der Waals surface area contributed by atoms with Gasteiger partial charge in [0.15, 0.2) is 5.96 Å². The second-order valence-corrected chi connectivity index (χ2v) is 8.84. The number of hydrogen-bond donors (Lipinski definition) is 2. The molecule has 0 aromatic carbocycles. The second kappa shape index (κ2) is 9.32. The maximum atomic E-state index is 12.5. The Morgan fingerprint density at radius 1 is 1.37 bits per heavy atom. The highest BCUT2D eigenvalue weighted by Gasteiger charge is 2.21. The number of nitrogens with one attached hydrogen (secondary N) is 2. The van der Waals surface area contributed by atoms with Crippen LogP contribution in [-0.4, -0.2) is 41.4 Å². The van der Waals surface area contributed by atoms with Gasteiger partial charge in [-0.05, 0) is 44.2 Å². The van der Waals surface area contributed by atoms with Crippen molar-refractivity contribution in [2.75, 3.05) is 19.6 Å². The average molecular weight is 406 g/mol. The number of carbonyl (C=O) groups is 1. The molecule has 1 aliphatic rings. The number of aryl methyl sites for hydroxylation is 2. The lowest BCUT2D eigenvalue weighted by Gasteiger charge is -2.27. The molecule has 1 aliphatic heterocycles. The quantitative estimate of drug-likeness (QED) is 0.573. The zero-order valence-corrected chi connectivity index (χ0v) is 17.8. The Labute approximate surface area is 168 Å². The first-order valence-electron chi connectivity index (χ1n) is 9.35. The molecule has 0 saturated carbocycles. The van der Waals surface area contributed by atoms with Crippen molar-refractivity contribution in [2.24, 2.45) is 4.99 Å². The minimum atomic E-state index is 0.198. The van der Waals surface area contributed by atoms with Crippen LogP contribution in [0.25, 0.3) is 0 Å². The molecule has 0 spiro atoms. The van der Waals surface area contributed by atoms with E-state index in [9.17, 15) is 4.79 Å². The fraction of sp³-hybridized carbons (Fsp3) is 0.526. The van der Waals surface area contributed by atoms with Gasteiger partial charge >= 0.3 is 0 Å². The van der Waals surface area contributed by atoms with Crippen LogP contribution in [0.5, 0.6) is 0 Å². The third-order valence-corrected chi connectivity index (χ3v) is 6.60. The van der Waals surface area contributed by atoms with Crippen LogP contribution in [0, 0.1) is 13.8 Å². The van der Waals surface area contributed by atoms with Gasteiger partial charge in [0.2, 0.25) is 5.91 Å². The summed E-state index contributed by atoms with van der Waals surface area (Å²) in [4.78, 5) is 26.2. The van der Waals surface area contributed by atoms with Crippen LogP contribution in [0.1, 0.15) is 39.4 Å². The van der Waals surface area contributed by atoms with Crippen LogP contribution in [0.2, 0.25) is 0 Å². The molecule has 6 nitrogen and oxygen atoms in total. The van der Waals surface area contributed by atoms with E-state index < -0.39 is 0 Å². The summed E-state index contributed by atoms with van der Waals surface area (Å²) in [6, 6.07) is 2.14. The van der Waals surface area contributed by atoms with Crippen LogP contribution < -0.4 is 10.6 Å². The Bertz CT molecular complexity index is 811. The van der Waals surface area contributed by atoms with E-state index >= 15 is 0 Å². The summed E-state index contributed by atoms with van der Waals surface area (Å²) in [5, 5.41) is 9.70. The van der Waals surface area contributed by atoms with Crippen molar-refractivity contribution in [1.29, 1.82) is 0 Å². The fourth-order valence-electron chi connectivity index (χ4n) is 3.12. The summed E-state index contributed by atoms with van der Waals surface area (Å²) >= 11 is 3.48. The van der Waals surface area contributed by atoms with Crippen LogP contribution in [-0.2, 0) is 24.3 Å².